The summed E-state index contributed by atoms with van der Waals surface area (Å²) >= 11 is 0. The molecule has 1 unspecified atom stereocenters. The molecule has 1 aromatic carbocycles. The molecule has 0 spiro atoms. The number of piperazine rings is 1. The van der Waals surface area contributed by atoms with Gasteiger partial charge in [0.15, 0.2) is 0 Å². The van der Waals surface area contributed by atoms with Crippen molar-refractivity contribution in [2.24, 2.45) is 5.41 Å². The second-order valence-corrected chi connectivity index (χ2v) is 10.2. The van der Waals surface area contributed by atoms with Gasteiger partial charge in [-0.25, -0.2) is 9.59 Å². The Morgan fingerprint density at radius 1 is 1.09 bits per heavy atom. The number of rotatable bonds is 8. The molecule has 1 aliphatic heterocycles. The summed E-state index contributed by atoms with van der Waals surface area (Å²) in [5, 5.41) is 0. The number of hydrogen-bond acceptors (Lipinski definition) is 8. The number of nitrogens with zero attached hydrogens (tertiary/aromatic N) is 2. The number of ether oxygens (including phenoxy) is 2. The van der Waals surface area contributed by atoms with E-state index in [4.69, 9.17) is 14.3 Å². The topological polar surface area (TPSA) is 114 Å². The quantitative estimate of drug-likeness (QED) is 0.256. The fraction of sp³-hybridized carbons (Fsp3) is 0.600. The molecule has 1 aromatic rings. The largest absolute Gasteiger partial charge is 0.463 e. The standard InChI is InChI=1S/C25H35N3O7/c1-24(2,3)34-23(32)28-15-14-27(16-19(28)17-33-22(31)25(4)11-12-25)20(29)10-13-26-35-21(30)18-8-6-5-7-9-18/h5-9,19,26H,10-17H2,1-4H3. The minimum Gasteiger partial charge on any atom is -0.463 e. The van der Waals surface area contributed by atoms with Crippen molar-refractivity contribution >= 4 is 23.9 Å². The Hall–Kier alpha value is -3.14. The minimum atomic E-state index is -0.671. The molecule has 35 heavy (non-hydrogen) atoms. The van der Waals surface area contributed by atoms with Gasteiger partial charge >= 0.3 is 18.0 Å². The Bertz CT molecular complexity index is 925. The minimum absolute atomic E-state index is 0.00954. The number of carbonyl (C=O) groups is 4. The molecule has 1 heterocycles. The van der Waals surface area contributed by atoms with Gasteiger partial charge in [0.2, 0.25) is 5.91 Å². The zero-order valence-corrected chi connectivity index (χ0v) is 20.9. The number of amides is 2. The van der Waals surface area contributed by atoms with Crippen LogP contribution in [0.2, 0.25) is 0 Å². The smallest absolute Gasteiger partial charge is 0.410 e. The van der Waals surface area contributed by atoms with Crippen molar-refractivity contribution in [2.75, 3.05) is 32.8 Å². The van der Waals surface area contributed by atoms with Crippen molar-refractivity contribution in [3.05, 3.63) is 35.9 Å². The lowest BCUT2D eigenvalue weighted by Crippen LogP contribution is -2.59. The highest BCUT2D eigenvalue weighted by atomic mass is 16.7. The van der Waals surface area contributed by atoms with Crippen LogP contribution in [0.25, 0.3) is 0 Å². The van der Waals surface area contributed by atoms with Crippen LogP contribution in [0.5, 0.6) is 0 Å². The van der Waals surface area contributed by atoms with Gasteiger partial charge in [-0.2, -0.15) is 5.48 Å². The van der Waals surface area contributed by atoms with Crippen molar-refractivity contribution in [1.82, 2.24) is 15.3 Å². The molecular formula is C25H35N3O7. The molecule has 192 valence electrons. The van der Waals surface area contributed by atoms with Crippen LogP contribution in [0.15, 0.2) is 30.3 Å². The maximum Gasteiger partial charge on any atom is 0.410 e. The molecule has 10 nitrogen and oxygen atoms in total. The monoisotopic (exact) mass is 489 g/mol. The highest BCUT2D eigenvalue weighted by Crippen LogP contribution is 2.46. The summed E-state index contributed by atoms with van der Waals surface area (Å²) in [4.78, 5) is 58.0. The lowest BCUT2D eigenvalue weighted by Gasteiger charge is -2.41. The summed E-state index contributed by atoms with van der Waals surface area (Å²) in [5.74, 6) is -0.979. The Labute approximate surface area is 205 Å². The van der Waals surface area contributed by atoms with Crippen molar-refractivity contribution in [3.8, 4) is 0 Å². The van der Waals surface area contributed by atoms with E-state index in [1.807, 2.05) is 6.92 Å². The summed E-state index contributed by atoms with van der Waals surface area (Å²) in [6, 6.07) is 8.01. The predicted octanol–water partition coefficient (Wildman–Crippen LogP) is 2.53. The number of nitrogens with one attached hydrogen (secondary N) is 1. The zero-order chi connectivity index (χ0) is 25.6. The third-order valence-electron chi connectivity index (χ3n) is 5.98. The fourth-order valence-corrected chi connectivity index (χ4v) is 3.59. The van der Waals surface area contributed by atoms with E-state index in [2.05, 4.69) is 5.48 Å². The lowest BCUT2D eigenvalue weighted by atomic mass is 10.1. The molecule has 1 atom stereocenters. The summed E-state index contributed by atoms with van der Waals surface area (Å²) in [6.07, 6.45) is 1.18. The second kappa shape index (κ2) is 11.1. The molecule has 3 rings (SSSR count). The molecule has 1 N–H and O–H groups in total. The highest BCUT2D eigenvalue weighted by molar-refractivity contribution is 5.89. The van der Waals surface area contributed by atoms with Crippen LogP contribution in [0.1, 0.15) is 57.3 Å². The van der Waals surface area contributed by atoms with Gasteiger partial charge in [0.1, 0.15) is 12.2 Å². The number of benzene rings is 1. The van der Waals surface area contributed by atoms with Gasteiger partial charge in [-0.15, -0.1) is 0 Å². The first-order chi connectivity index (χ1) is 16.5. The number of hydroxylamine groups is 1. The van der Waals surface area contributed by atoms with Crippen molar-refractivity contribution in [3.63, 3.8) is 0 Å². The van der Waals surface area contributed by atoms with Gasteiger partial charge in [-0.05, 0) is 52.7 Å². The first kappa shape index (κ1) is 26.5. The van der Waals surface area contributed by atoms with E-state index in [9.17, 15) is 19.2 Å². The van der Waals surface area contributed by atoms with E-state index in [0.29, 0.717) is 12.1 Å². The van der Waals surface area contributed by atoms with Crippen LogP contribution >= 0.6 is 0 Å². The highest BCUT2D eigenvalue weighted by Gasteiger charge is 2.47. The Kier molecular flexibility index (Phi) is 8.37. The molecule has 0 bridgehead atoms. The van der Waals surface area contributed by atoms with E-state index in [0.717, 1.165) is 12.8 Å². The van der Waals surface area contributed by atoms with E-state index >= 15 is 0 Å². The third-order valence-corrected chi connectivity index (χ3v) is 5.98. The van der Waals surface area contributed by atoms with Crippen molar-refractivity contribution in [2.45, 2.75) is 58.6 Å². The van der Waals surface area contributed by atoms with Gasteiger partial charge in [-0.1, -0.05) is 18.2 Å². The van der Waals surface area contributed by atoms with Crippen LogP contribution in [0.4, 0.5) is 4.79 Å². The maximum atomic E-state index is 12.8. The molecule has 1 saturated carbocycles. The molecular weight excluding hydrogens is 454 g/mol. The first-order valence-corrected chi connectivity index (χ1v) is 11.9. The second-order valence-electron chi connectivity index (χ2n) is 10.2. The summed E-state index contributed by atoms with van der Waals surface area (Å²) < 4.78 is 11.0. The van der Waals surface area contributed by atoms with Crippen LogP contribution in [-0.2, 0) is 23.9 Å². The fourth-order valence-electron chi connectivity index (χ4n) is 3.59. The Balaban J connectivity index is 1.51. The van der Waals surface area contributed by atoms with Crippen molar-refractivity contribution in [1.29, 1.82) is 0 Å². The molecule has 0 aromatic heterocycles. The SMILES string of the molecule is CC(C)(C)OC(=O)N1CCN(C(=O)CCNOC(=O)c2ccccc2)CC1COC(=O)C1(C)CC1. The summed E-state index contributed by atoms with van der Waals surface area (Å²) in [5.41, 5.74) is 1.82. The summed E-state index contributed by atoms with van der Waals surface area (Å²) in [7, 11) is 0. The molecule has 0 radical (unpaired) electrons. The van der Waals surface area contributed by atoms with Gasteiger partial charge in [0.05, 0.1) is 17.0 Å². The van der Waals surface area contributed by atoms with E-state index in [1.165, 1.54) is 4.90 Å². The Morgan fingerprint density at radius 2 is 1.77 bits per heavy atom. The van der Waals surface area contributed by atoms with Gasteiger partial charge in [-0.3, -0.25) is 14.5 Å². The van der Waals surface area contributed by atoms with Gasteiger partial charge < -0.3 is 19.2 Å². The van der Waals surface area contributed by atoms with Crippen LogP contribution < -0.4 is 5.48 Å². The molecule has 1 saturated heterocycles. The Morgan fingerprint density at radius 3 is 2.40 bits per heavy atom. The molecule has 2 amide bonds. The maximum absolute atomic E-state index is 12.8. The van der Waals surface area contributed by atoms with Gasteiger partial charge in [0.25, 0.3) is 0 Å². The van der Waals surface area contributed by atoms with Gasteiger partial charge in [0, 0.05) is 32.6 Å². The normalized spacial score (nSPS) is 19.0. The molecule has 2 aliphatic rings. The number of esters is 1. The van der Waals surface area contributed by atoms with E-state index in [1.54, 1.807) is 56.0 Å². The average Bonchev–Trinajstić information content (AvgIpc) is 3.57. The van der Waals surface area contributed by atoms with Crippen molar-refractivity contribution < 1.29 is 33.5 Å². The third kappa shape index (κ3) is 7.68. The summed E-state index contributed by atoms with van der Waals surface area (Å²) in [6.45, 7) is 8.13. The number of hydrogen-bond donors (Lipinski definition) is 1. The van der Waals surface area contributed by atoms with Crippen LogP contribution in [0, 0.1) is 5.41 Å². The molecule has 2 fully saturated rings. The van der Waals surface area contributed by atoms with E-state index in [-0.39, 0.29) is 44.5 Å². The average molecular weight is 490 g/mol. The predicted molar refractivity (Wildman–Crippen MR) is 126 cm³/mol. The number of carbonyl (C=O) groups excluding carboxylic acids is 4. The van der Waals surface area contributed by atoms with Crippen LogP contribution in [-0.4, -0.2) is 78.2 Å². The molecule has 1 aliphatic carbocycles. The lowest BCUT2D eigenvalue weighted by molar-refractivity contribution is -0.152. The first-order valence-electron chi connectivity index (χ1n) is 11.9. The van der Waals surface area contributed by atoms with E-state index < -0.39 is 29.1 Å². The molecule has 10 heteroatoms. The zero-order valence-electron chi connectivity index (χ0n) is 20.9. The van der Waals surface area contributed by atoms with Crippen LogP contribution in [0.3, 0.4) is 0 Å².